The van der Waals surface area contributed by atoms with Crippen molar-refractivity contribution in [2.24, 2.45) is 5.73 Å². The second-order valence-electron chi connectivity index (χ2n) is 13.8. The minimum atomic E-state index is -4.28. The fourth-order valence-corrected chi connectivity index (χ4v) is 6.35. The Kier molecular flexibility index (Phi) is 39.4. The summed E-state index contributed by atoms with van der Waals surface area (Å²) in [6, 6.07) is 0. The maximum absolute atomic E-state index is 12.6. The van der Waals surface area contributed by atoms with Crippen molar-refractivity contribution in [1.82, 2.24) is 0 Å². The molecule has 3 N–H and O–H groups in total. The van der Waals surface area contributed by atoms with Gasteiger partial charge in [-0.15, -0.1) is 0 Å². The van der Waals surface area contributed by atoms with Crippen LogP contribution in [0.2, 0.25) is 0 Å². The van der Waals surface area contributed by atoms with Gasteiger partial charge in [0.15, 0.2) is 0 Å². The van der Waals surface area contributed by atoms with Crippen molar-refractivity contribution in [2.45, 2.75) is 187 Å². The maximum atomic E-state index is 12.6. The summed E-state index contributed by atoms with van der Waals surface area (Å²) in [5.74, 6) is -0.347. The number of ether oxygens (including phenoxy) is 2. The van der Waals surface area contributed by atoms with Gasteiger partial charge < -0.3 is 20.1 Å². The quantitative estimate of drug-likeness (QED) is 0.0275. The van der Waals surface area contributed by atoms with Crippen LogP contribution < -0.4 is 5.73 Å². The lowest BCUT2D eigenvalue weighted by Gasteiger charge is -2.20. The van der Waals surface area contributed by atoms with Gasteiger partial charge in [-0.05, 0) is 77.0 Å². The lowest BCUT2D eigenvalue weighted by molar-refractivity contribution is -0.154. The fourth-order valence-electron chi connectivity index (χ4n) is 5.59. The molecule has 0 radical (unpaired) electrons. The topological polar surface area (TPSA) is 117 Å². The number of hydrogen-bond acceptors (Lipinski definition) is 7. The first-order chi connectivity index (χ1) is 25.4. The molecular weight excluding hydrogens is 673 g/mol. The van der Waals surface area contributed by atoms with E-state index in [2.05, 4.69) is 62.5 Å². The second-order valence-corrected chi connectivity index (χ2v) is 15.3. The van der Waals surface area contributed by atoms with Gasteiger partial charge in [-0.3, -0.25) is 13.8 Å². The number of carbonyl (C=O) groups excluding carboxylic acids is 1. The first-order valence-corrected chi connectivity index (χ1v) is 22.6. The number of rotatable bonds is 40. The van der Waals surface area contributed by atoms with Crippen molar-refractivity contribution in [3.05, 3.63) is 48.6 Å². The predicted octanol–water partition coefficient (Wildman–Crippen LogP) is 12.4. The second kappa shape index (κ2) is 40.6. The molecule has 0 bridgehead atoms. The van der Waals surface area contributed by atoms with Crippen molar-refractivity contribution < 1.29 is 32.8 Å². The van der Waals surface area contributed by atoms with Crippen LogP contribution in [0, 0.1) is 0 Å². The van der Waals surface area contributed by atoms with Crippen LogP contribution in [0.15, 0.2) is 48.6 Å². The van der Waals surface area contributed by atoms with Gasteiger partial charge in [0, 0.05) is 19.6 Å². The summed E-state index contributed by atoms with van der Waals surface area (Å²) in [6.07, 6.45) is 46.9. The summed E-state index contributed by atoms with van der Waals surface area (Å²) in [5.41, 5.74) is 5.36. The summed E-state index contributed by atoms with van der Waals surface area (Å²) < 4.78 is 33.4. The Labute approximate surface area is 320 Å². The number of allylic oxidation sites excluding steroid dienone is 8. The number of esters is 1. The van der Waals surface area contributed by atoms with Crippen LogP contribution >= 0.6 is 7.82 Å². The third-order valence-electron chi connectivity index (χ3n) is 8.72. The van der Waals surface area contributed by atoms with Gasteiger partial charge in [0.05, 0.1) is 19.8 Å². The minimum absolute atomic E-state index is 0.0954. The summed E-state index contributed by atoms with van der Waals surface area (Å²) in [6.45, 7) is 4.84. The van der Waals surface area contributed by atoms with E-state index in [-0.39, 0.29) is 32.3 Å². The first kappa shape index (κ1) is 50.5. The van der Waals surface area contributed by atoms with Gasteiger partial charge in [-0.2, -0.15) is 0 Å². The molecule has 8 nitrogen and oxygen atoms in total. The third-order valence-corrected chi connectivity index (χ3v) is 9.70. The highest BCUT2D eigenvalue weighted by Gasteiger charge is 2.25. The van der Waals surface area contributed by atoms with Crippen LogP contribution in [0.25, 0.3) is 0 Å². The van der Waals surface area contributed by atoms with Crippen molar-refractivity contribution in [1.29, 1.82) is 0 Å². The van der Waals surface area contributed by atoms with Gasteiger partial charge in [0.25, 0.3) is 0 Å². The zero-order valence-electron chi connectivity index (χ0n) is 33.5. The number of nitrogens with two attached hydrogens (primary N) is 1. The standard InChI is InChI=1S/C43H80NO7P/c1-3-5-7-9-11-13-15-17-19-20-21-23-25-27-29-31-33-35-38-48-40-42(41-50-52(46,47)49-39-37-44)51-43(45)36-34-32-30-28-26-24-22-18-16-14-12-10-8-6-4-2/h11-14,17-19,22,42H,3-10,15-16,20-21,23-41,44H2,1-2H3,(H,46,47)/b13-11-,14-12-,19-17-,22-18-. The molecule has 0 aliphatic rings. The van der Waals surface area contributed by atoms with E-state index >= 15 is 0 Å². The summed E-state index contributed by atoms with van der Waals surface area (Å²) in [4.78, 5) is 22.4. The van der Waals surface area contributed by atoms with Crippen molar-refractivity contribution in [3.63, 3.8) is 0 Å². The fraction of sp³-hybridized carbons (Fsp3) is 0.791. The van der Waals surface area contributed by atoms with Gasteiger partial charge in [0.2, 0.25) is 0 Å². The third kappa shape index (κ3) is 39.7. The Morgan fingerprint density at radius 3 is 1.50 bits per heavy atom. The number of unbranched alkanes of at least 4 members (excludes halogenated alkanes) is 19. The molecule has 0 aromatic rings. The van der Waals surface area contributed by atoms with E-state index in [4.69, 9.17) is 24.3 Å². The van der Waals surface area contributed by atoms with Crippen LogP contribution in [-0.4, -0.2) is 49.9 Å². The van der Waals surface area contributed by atoms with Gasteiger partial charge in [-0.25, -0.2) is 4.57 Å². The predicted molar refractivity (Wildman–Crippen MR) is 219 cm³/mol. The normalized spacial score (nSPS) is 14.0. The van der Waals surface area contributed by atoms with E-state index in [1.165, 1.54) is 96.3 Å². The van der Waals surface area contributed by atoms with E-state index < -0.39 is 13.9 Å². The van der Waals surface area contributed by atoms with Crippen LogP contribution in [0.4, 0.5) is 0 Å². The van der Waals surface area contributed by atoms with E-state index in [1.807, 2.05) is 0 Å². The molecule has 0 aromatic heterocycles. The Bertz CT molecular complexity index is 936. The van der Waals surface area contributed by atoms with Crippen molar-refractivity contribution >= 4 is 13.8 Å². The van der Waals surface area contributed by atoms with Crippen LogP contribution in [0.5, 0.6) is 0 Å². The van der Waals surface area contributed by atoms with Crippen LogP contribution in [0.3, 0.4) is 0 Å². The van der Waals surface area contributed by atoms with Gasteiger partial charge in [0.1, 0.15) is 6.10 Å². The number of phosphoric ester groups is 1. The average molecular weight is 754 g/mol. The zero-order chi connectivity index (χ0) is 38.1. The Hall–Kier alpha value is -1.54. The first-order valence-electron chi connectivity index (χ1n) is 21.1. The number of hydrogen-bond donors (Lipinski definition) is 2. The minimum Gasteiger partial charge on any atom is -0.457 e. The van der Waals surface area contributed by atoms with E-state index in [0.29, 0.717) is 13.0 Å². The van der Waals surface area contributed by atoms with Crippen LogP contribution in [0.1, 0.15) is 181 Å². The molecule has 0 saturated heterocycles. The molecule has 9 heteroatoms. The molecule has 304 valence electrons. The van der Waals surface area contributed by atoms with Crippen molar-refractivity contribution in [2.75, 3.05) is 33.0 Å². The molecule has 2 unspecified atom stereocenters. The summed E-state index contributed by atoms with van der Waals surface area (Å²) >= 11 is 0. The lowest BCUT2D eigenvalue weighted by atomic mass is 10.1. The Morgan fingerprint density at radius 1 is 0.577 bits per heavy atom. The molecule has 0 spiro atoms. The number of carbonyl (C=O) groups is 1. The average Bonchev–Trinajstić information content (AvgIpc) is 3.13. The summed E-state index contributed by atoms with van der Waals surface area (Å²) in [7, 11) is -4.28. The highest BCUT2D eigenvalue weighted by Crippen LogP contribution is 2.43. The van der Waals surface area contributed by atoms with Gasteiger partial charge in [-0.1, -0.05) is 146 Å². The molecule has 0 heterocycles. The Balaban J connectivity index is 4.07. The number of phosphoric acid groups is 1. The molecule has 0 aliphatic heterocycles. The molecule has 0 rings (SSSR count). The zero-order valence-corrected chi connectivity index (χ0v) is 34.4. The van der Waals surface area contributed by atoms with E-state index in [0.717, 1.165) is 64.2 Å². The van der Waals surface area contributed by atoms with Crippen LogP contribution in [-0.2, 0) is 27.9 Å². The van der Waals surface area contributed by atoms with E-state index in [1.54, 1.807) is 0 Å². The van der Waals surface area contributed by atoms with Gasteiger partial charge >= 0.3 is 13.8 Å². The maximum Gasteiger partial charge on any atom is 0.472 e. The largest absolute Gasteiger partial charge is 0.472 e. The SMILES string of the molecule is CCCCC/C=C\C/C=C\CCCCCCCCCCOCC(COP(=O)(O)OCCN)OC(=O)CCCCCCC/C=C\C/C=C\CCCCC. The smallest absolute Gasteiger partial charge is 0.457 e. The Morgan fingerprint density at radius 2 is 1.02 bits per heavy atom. The molecule has 2 atom stereocenters. The lowest BCUT2D eigenvalue weighted by Crippen LogP contribution is -2.28. The molecule has 0 saturated carbocycles. The monoisotopic (exact) mass is 754 g/mol. The summed E-state index contributed by atoms with van der Waals surface area (Å²) in [5, 5.41) is 0. The highest BCUT2D eigenvalue weighted by atomic mass is 31.2. The molecule has 0 aliphatic carbocycles. The molecular formula is C43H80NO7P. The van der Waals surface area contributed by atoms with E-state index in [9.17, 15) is 14.3 Å². The molecule has 0 amide bonds. The molecule has 0 fully saturated rings. The molecule has 0 aromatic carbocycles. The molecule has 52 heavy (non-hydrogen) atoms. The highest BCUT2D eigenvalue weighted by molar-refractivity contribution is 7.47. The van der Waals surface area contributed by atoms with Crippen molar-refractivity contribution in [3.8, 4) is 0 Å².